The Morgan fingerprint density at radius 2 is 1.44 bits per heavy atom. The molecule has 2 aromatic carbocycles. The SMILES string of the molecule is CCN(CC)S(=O)(=O)c1ccc(OC)c(N2CCN(S(=O)(=O)c3ccc(C(C)C)cc3)CC2)c1. The number of anilines is 1. The molecule has 1 fully saturated rings. The highest BCUT2D eigenvalue weighted by Gasteiger charge is 2.30. The highest BCUT2D eigenvalue weighted by molar-refractivity contribution is 7.89. The van der Waals surface area contributed by atoms with E-state index < -0.39 is 20.0 Å². The number of piperazine rings is 1. The van der Waals surface area contributed by atoms with Crippen LogP contribution in [0.2, 0.25) is 0 Å². The quantitative estimate of drug-likeness (QED) is 0.515. The van der Waals surface area contributed by atoms with Gasteiger partial charge in [-0.25, -0.2) is 16.8 Å². The molecule has 10 heteroatoms. The second kappa shape index (κ2) is 10.6. The molecule has 188 valence electrons. The summed E-state index contributed by atoms with van der Waals surface area (Å²) in [5.41, 5.74) is 1.74. The Labute approximate surface area is 204 Å². The van der Waals surface area contributed by atoms with Crippen molar-refractivity contribution in [3.05, 3.63) is 48.0 Å². The number of ether oxygens (including phenoxy) is 1. The Balaban J connectivity index is 1.81. The van der Waals surface area contributed by atoms with E-state index in [1.165, 1.54) is 8.61 Å². The average molecular weight is 510 g/mol. The molecule has 0 unspecified atom stereocenters. The molecule has 0 spiro atoms. The topological polar surface area (TPSA) is 87.2 Å². The van der Waals surface area contributed by atoms with Crippen molar-refractivity contribution in [2.45, 2.75) is 43.4 Å². The van der Waals surface area contributed by atoms with Gasteiger partial charge in [-0.1, -0.05) is 39.8 Å². The first kappa shape index (κ1) is 26.5. The first-order valence-electron chi connectivity index (χ1n) is 11.6. The summed E-state index contributed by atoms with van der Waals surface area (Å²) in [5.74, 6) is 0.885. The van der Waals surface area contributed by atoms with E-state index >= 15 is 0 Å². The molecule has 0 aliphatic carbocycles. The molecular formula is C24H35N3O5S2. The number of benzene rings is 2. The summed E-state index contributed by atoms with van der Waals surface area (Å²) >= 11 is 0. The molecule has 1 aliphatic heterocycles. The molecule has 0 atom stereocenters. The van der Waals surface area contributed by atoms with Crippen molar-refractivity contribution >= 4 is 25.7 Å². The van der Waals surface area contributed by atoms with E-state index in [1.54, 1.807) is 37.4 Å². The molecule has 34 heavy (non-hydrogen) atoms. The van der Waals surface area contributed by atoms with Gasteiger partial charge < -0.3 is 9.64 Å². The maximum absolute atomic E-state index is 13.2. The zero-order valence-electron chi connectivity index (χ0n) is 20.6. The Morgan fingerprint density at radius 1 is 0.882 bits per heavy atom. The van der Waals surface area contributed by atoms with Crippen LogP contribution in [0.25, 0.3) is 0 Å². The Morgan fingerprint density at radius 3 is 1.94 bits per heavy atom. The standard InChI is InChI=1S/C24H35N3O5S2/c1-6-26(7-2)34(30,31)22-12-13-24(32-5)23(18-22)25-14-16-27(17-15-25)33(28,29)21-10-8-20(9-11-21)19(3)4/h8-13,18-19H,6-7,14-17H2,1-5H3. The monoisotopic (exact) mass is 509 g/mol. The van der Waals surface area contributed by atoms with Crippen molar-refractivity contribution in [1.29, 1.82) is 0 Å². The number of hydrogen-bond acceptors (Lipinski definition) is 6. The zero-order valence-corrected chi connectivity index (χ0v) is 22.2. The van der Waals surface area contributed by atoms with Crippen LogP contribution in [-0.4, -0.2) is 71.8 Å². The lowest BCUT2D eigenvalue weighted by Gasteiger charge is -2.36. The first-order chi connectivity index (χ1) is 16.1. The first-order valence-corrected chi connectivity index (χ1v) is 14.5. The highest BCUT2D eigenvalue weighted by atomic mass is 32.2. The maximum atomic E-state index is 13.2. The van der Waals surface area contributed by atoms with Gasteiger partial charge in [-0.15, -0.1) is 0 Å². The van der Waals surface area contributed by atoms with E-state index in [2.05, 4.69) is 13.8 Å². The van der Waals surface area contributed by atoms with Crippen molar-refractivity contribution in [2.75, 3.05) is 51.3 Å². The number of hydrogen-bond donors (Lipinski definition) is 0. The van der Waals surface area contributed by atoms with Gasteiger partial charge in [0.25, 0.3) is 0 Å². The van der Waals surface area contributed by atoms with Crippen LogP contribution in [0, 0.1) is 0 Å². The van der Waals surface area contributed by atoms with Gasteiger partial charge in [-0.2, -0.15) is 8.61 Å². The molecule has 1 saturated heterocycles. The van der Waals surface area contributed by atoms with Crippen molar-refractivity contribution in [3.63, 3.8) is 0 Å². The summed E-state index contributed by atoms with van der Waals surface area (Å²) in [4.78, 5) is 2.47. The number of nitrogens with zero attached hydrogens (tertiary/aromatic N) is 3. The Hall–Kier alpha value is -2.14. The van der Waals surface area contributed by atoms with E-state index in [1.807, 2.05) is 30.9 Å². The molecule has 3 rings (SSSR count). The fourth-order valence-corrected chi connectivity index (χ4v) is 7.03. The number of sulfonamides is 2. The second-order valence-corrected chi connectivity index (χ2v) is 12.4. The third kappa shape index (κ3) is 5.25. The molecule has 8 nitrogen and oxygen atoms in total. The van der Waals surface area contributed by atoms with Crippen LogP contribution in [0.15, 0.2) is 52.3 Å². The molecule has 0 radical (unpaired) electrons. The Kier molecular flexibility index (Phi) is 8.28. The highest BCUT2D eigenvalue weighted by Crippen LogP contribution is 2.33. The van der Waals surface area contributed by atoms with Gasteiger partial charge in [-0.05, 0) is 41.8 Å². The predicted octanol–water partition coefficient (Wildman–Crippen LogP) is 3.36. The summed E-state index contributed by atoms with van der Waals surface area (Å²) in [5, 5.41) is 0. The van der Waals surface area contributed by atoms with Crippen LogP contribution in [0.5, 0.6) is 5.75 Å². The molecule has 0 aromatic heterocycles. The molecule has 1 heterocycles. The third-order valence-corrected chi connectivity index (χ3v) is 10.2. The Bertz CT molecular complexity index is 1180. The van der Waals surface area contributed by atoms with Crippen LogP contribution >= 0.6 is 0 Å². The predicted molar refractivity (Wildman–Crippen MR) is 135 cm³/mol. The lowest BCUT2D eigenvalue weighted by atomic mass is 10.0. The van der Waals surface area contributed by atoms with E-state index in [-0.39, 0.29) is 9.79 Å². The summed E-state index contributed by atoms with van der Waals surface area (Å²) in [6.45, 7) is 9.96. The van der Waals surface area contributed by atoms with Crippen LogP contribution in [0.1, 0.15) is 39.2 Å². The van der Waals surface area contributed by atoms with Gasteiger partial charge in [0.2, 0.25) is 20.0 Å². The van der Waals surface area contributed by atoms with Crippen LogP contribution in [0.3, 0.4) is 0 Å². The van der Waals surface area contributed by atoms with Crippen LogP contribution < -0.4 is 9.64 Å². The van der Waals surface area contributed by atoms with Gasteiger partial charge in [0.1, 0.15) is 5.75 Å². The lowest BCUT2D eigenvalue weighted by molar-refractivity contribution is 0.378. The van der Waals surface area contributed by atoms with Crippen molar-refractivity contribution in [1.82, 2.24) is 8.61 Å². The molecule has 0 saturated carbocycles. The second-order valence-electron chi connectivity index (χ2n) is 8.54. The van der Waals surface area contributed by atoms with Gasteiger partial charge >= 0.3 is 0 Å². The maximum Gasteiger partial charge on any atom is 0.243 e. The fraction of sp³-hybridized carbons (Fsp3) is 0.500. The fourth-order valence-electron chi connectivity index (χ4n) is 4.13. The van der Waals surface area contributed by atoms with E-state index in [0.717, 1.165) is 5.56 Å². The largest absolute Gasteiger partial charge is 0.495 e. The van der Waals surface area contributed by atoms with Gasteiger partial charge in [-0.3, -0.25) is 0 Å². The third-order valence-electron chi connectivity index (χ3n) is 6.26. The molecule has 0 N–H and O–H groups in total. The van der Waals surface area contributed by atoms with Gasteiger partial charge in [0.15, 0.2) is 0 Å². The molecule has 1 aliphatic rings. The van der Waals surface area contributed by atoms with Crippen molar-refractivity contribution in [2.24, 2.45) is 0 Å². The number of rotatable bonds is 9. The molecular weight excluding hydrogens is 474 g/mol. The van der Waals surface area contributed by atoms with E-state index in [0.29, 0.717) is 56.6 Å². The summed E-state index contributed by atoms with van der Waals surface area (Å²) in [6, 6.07) is 11.9. The zero-order chi connectivity index (χ0) is 25.1. The molecule has 0 bridgehead atoms. The van der Waals surface area contributed by atoms with Crippen LogP contribution in [0.4, 0.5) is 5.69 Å². The van der Waals surface area contributed by atoms with E-state index in [9.17, 15) is 16.8 Å². The van der Waals surface area contributed by atoms with Crippen molar-refractivity contribution in [3.8, 4) is 5.75 Å². The average Bonchev–Trinajstić information content (AvgIpc) is 2.84. The minimum Gasteiger partial charge on any atom is -0.495 e. The minimum atomic E-state index is -3.62. The summed E-state index contributed by atoms with van der Waals surface area (Å²) in [6.07, 6.45) is 0. The smallest absolute Gasteiger partial charge is 0.243 e. The number of methoxy groups -OCH3 is 1. The van der Waals surface area contributed by atoms with Gasteiger partial charge in [0.05, 0.1) is 22.6 Å². The normalized spacial score (nSPS) is 15.8. The summed E-state index contributed by atoms with van der Waals surface area (Å²) in [7, 11) is -5.68. The van der Waals surface area contributed by atoms with Crippen molar-refractivity contribution < 1.29 is 21.6 Å². The van der Waals surface area contributed by atoms with Crippen LogP contribution in [-0.2, 0) is 20.0 Å². The molecule has 2 aromatic rings. The van der Waals surface area contributed by atoms with Gasteiger partial charge in [0, 0.05) is 39.3 Å². The van der Waals surface area contributed by atoms with E-state index in [4.69, 9.17) is 4.74 Å². The minimum absolute atomic E-state index is 0.201. The lowest BCUT2D eigenvalue weighted by Crippen LogP contribution is -2.48. The summed E-state index contributed by atoms with van der Waals surface area (Å²) < 4.78 is 60.7. The molecule has 0 amide bonds.